The van der Waals surface area contributed by atoms with E-state index in [1.54, 1.807) is 12.1 Å². The van der Waals surface area contributed by atoms with Crippen LogP contribution in [0.1, 0.15) is 38.2 Å². The Balaban J connectivity index is 2.28. The summed E-state index contributed by atoms with van der Waals surface area (Å²) in [5, 5.41) is 9.87. The van der Waals surface area contributed by atoms with Crippen LogP contribution in [0.15, 0.2) is 24.3 Å². The molecule has 1 fully saturated rings. The number of carbonyl (C=O) groups is 2. The second-order valence-electron chi connectivity index (χ2n) is 5.80. The Kier molecular flexibility index (Phi) is 4.88. The summed E-state index contributed by atoms with van der Waals surface area (Å²) in [6.07, 6.45) is 1.28. The predicted octanol–water partition coefficient (Wildman–Crippen LogP) is 3.16. The number of hydrogen-bond donors (Lipinski definition) is 1. The maximum Gasteiger partial charge on any atom is 0.326 e. The van der Waals surface area contributed by atoms with Gasteiger partial charge in [0, 0.05) is 11.6 Å². The van der Waals surface area contributed by atoms with E-state index in [1.165, 1.54) is 4.90 Å². The standard InChI is InChI=1S/C16H20ClNO3/c1-10(2)14(11-5-7-12(17)8-6-11)15(19)18-9-3-4-13(18)16(20)21/h5-8,10,13-14H,3-4,9H2,1-2H3,(H,20,21)/t13-,14?/m0/s1. The number of amides is 1. The topological polar surface area (TPSA) is 57.6 Å². The lowest BCUT2D eigenvalue weighted by Crippen LogP contribution is -2.43. The van der Waals surface area contributed by atoms with E-state index in [9.17, 15) is 14.7 Å². The number of likely N-dealkylation sites (tertiary alicyclic amines) is 1. The summed E-state index contributed by atoms with van der Waals surface area (Å²) in [5.74, 6) is -1.26. The van der Waals surface area contributed by atoms with Gasteiger partial charge in [0.05, 0.1) is 5.92 Å². The zero-order valence-electron chi connectivity index (χ0n) is 12.3. The summed E-state index contributed by atoms with van der Waals surface area (Å²) < 4.78 is 0. The van der Waals surface area contributed by atoms with Crippen molar-refractivity contribution in [3.8, 4) is 0 Å². The van der Waals surface area contributed by atoms with Gasteiger partial charge in [-0.2, -0.15) is 0 Å². The van der Waals surface area contributed by atoms with Gasteiger partial charge in [0.15, 0.2) is 0 Å². The normalized spacial score (nSPS) is 19.8. The van der Waals surface area contributed by atoms with Crippen LogP contribution >= 0.6 is 11.6 Å². The highest BCUT2D eigenvalue weighted by Crippen LogP contribution is 2.31. The van der Waals surface area contributed by atoms with Gasteiger partial charge in [0.1, 0.15) is 6.04 Å². The van der Waals surface area contributed by atoms with E-state index in [0.717, 1.165) is 12.0 Å². The number of carbonyl (C=O) groups excluding carboxylic acids is 1. The third kappa shape index (κ3) is 3.38. The number of carboxylic acids is 1. The lowest BCUT2D eigenvalue weighted by atomic mass is 9.87. The Morgan fingerprint density at radius 2 is 1.90 bits per heavy atom. The Hall–Kier alpha value is -1.55. The molecule has 1 aromatic carbocycles. The molecule has 1 unspecified atom stereocenters. The van der Waals surface area contributed by atoms with Crippen LogP contribution in [-0.4, -0.2) is 34.5 Å². The molecule has 1 aromatic rings. The van der Waals surface area contributed by atoms with Gasteiger partial charge < -0.3 is 10.0 Å². The molecule has 1 saturated heterocycles. The third-order valence-electron chi connectivity index (χ3n) is 3.98. The zero-order valence-corrected chi connectivity index (χ0v) is 13.0. The summed E-state index contributed by atoms with van der Waals surface area (Å²) >= 11 is 5.89. The highest BCUT2D eigenvalue weighted by atomic mass is 35.5. The van der Waals surface area contributed by atoms with E-state index in [-0.39, 0.29) is 17.7 Å². The van der Waals surface area contributed by atoms with Crippen molar-refractivity contribution in [2.75, 3.05) is 6.54 Å². The van der Waals surface area contributed by atoms with E-state index >= 15 is 0 Å². The van der Waals surface area contributed by atoms with Crippen LogP contribution in [0.4, 0.5) is 0 Å². The van der Waals surface area contributed by atoms with E-state index in [2.05, 4.69) is 0 Å². The number of benzene rings is 1. The molecule has 0 aliphatic carbocycles. The minimum Gasteiger partial charge on any atom is -0.480 e. The first-order valence-corrected chi connectivity index (χ1v) is 7.58. The second kappa shape index (κ2) is 6.48. The molecule has 4 nitrogen and oxygen atoms in total. The molecule has 0 spiro atoms. The first-order valence-electron chi connectivity index (χ1n) is 7.20. The molecule has 21 heavy (non-hydrogen) atoms. The summed E-state index contributed by atoms with van der Waals surface area (Å²) in [6.45, 7) is 4.47. The average Bonchev–Trinajstić information content (AvgIpc) is 2.90. The zero-order chi connectivity index (χ0) is 15.6. The molecule has 1 heterocycles. The lowest BCUT2D eigenvalue weighted by Gasteiger charge is -2.29. The smallest absolute Gasteiger partial charge is 0.326 e. The van der Waals surface area contributed by atoms with Crippen molar-refractivity contribution in [2.24, 2.45) is 5.92 Å². The minimum absolute atomic E-state index is 0.0914. The Labute approximate surface area is 129 Å². The van der Waals surface area contributed by atoms with Gasteiger partial charge in [-0.05, 0) is 36.5 Å². The van der Waals surface area contributed by atoms with E-state index < -0.39 is 12.0 Å². The van der Waals surface area contributed by atoms with Gasteiger partial charge in [-0.1, -0.05) is 37.6 Å². The molecule has 1 N–H and O–H groups in total. The Morgan fingerprint density at radius 3 is 2.43 bits per heavy atom. The Morgan fingerprint density at radius 1 is 1.29 bits per heavy atom. The largest absolute Gasteiger partial charge is 0.480 e. The van der Waals surface area contributed by atoms with E-state index in [4.69, 9.17) is 11.6 Å². The van der Waals surface area contributed by atoms with Crippen LogP contribution in [0, 0.1) is 5.92 Å². The molecular formula is C16H20ClNO3. The number of aliphatic carboxylic acids is 1. The highest BCUT2D eigenvalue weighted by Gasteiger charge is 2.38. The van der Waals surface area contributed by atoms with Crippen LogP contribution in [0.3, 0.4) is 0 Å². The minimum atomic E-state index is -0.917. The molecule has 1 amide bonds. The third-order valence-corrected chi connectivity index (χ3v) is 4.23. The molecule has 5 heteroatoms. The summed E-state index contributed by atoms with van der Waals surface area (Å²) in [5.41, 5.74) is 0.885. The van der Waals surface area contributed by atoms with Crippen molar-refractivity contribution in [3.05, 3.63) is 34.9 Å². The van der Waals surface area contributed by atoms with Gasteiger partial charge in [-0.3, -0.25) is 4.79 Å². The molecule has 0 bridgehead atoms. The molecule has 0 aromatic heterocycles. The summed E-state index contributed by atoms with van der Waals surface area (Å²) in [6, 6.07) is 6.52. The van der Waals surface area contributed by atoms with Gasteiger partial charge in [-0.15, -0.1) is 0 Å². The van der Waals surface area contributed by atoms with Crippen LogP contribution in [0.5, 0.6) is 0 Å². The van der Waals surface area contributed by atoms with Gasteiger partial charge in [0.2, 0.25) is 5.91 Å². The van der Waals surface area contributed by atoms with Gasteiger partial charge in [0.25, 0.3) is 0 Å². The fourth-order valence-electron chi connectivity index (χ4n) is 2.95. The SMILES string of the molecule is CC(C)C(C(=O)N1CCC[C@H]1C(=O)O)c1ccc(Cl)cc1. The number of halogens is 1. The van der Waals surface area contributed by atoms with Crippen molar-refractivity contribution in [2.45, 2.75) is 38.6 Å². The maximum absolute atomic E-state index is 12.8. The summed E-state index contributed by atoms with van der Waals surface area (Å²) in [7, 11) is 0. The van der Waals surface area contributed by atoms with Crippen molar-refractivity contribution in [1.29, 1.82) is 0 Å². The average molecular weight is 310 g/mol. The monoisotopic (exact) mass is 309 g/mol. The van der Waals surface area contributed by atoms with Gasteiger partial charge >= 0.3 is 5.97 Å². The van der Waals surface area contributed by atoms with Crippen molar-refractivity contribution in [1.82, 2.24) is 4.90 Å². The molecule has 114 valence electrons. The first kappa shape index (κ1) is 15.8. The second-order valence-corrected chi connectivity index (χ2v) is 6.24. The molecular weight excluding hydrogens is 290 g/mol. The van der Waals surface area contributed by atoms with Crippen LogP contribution in [0.2, 0.25) is 5.02 Å². The first-order chi connectivity index (χ1) is 9.91. The molecule has 1 aliphatic heterocycles. The van der Waals surface area contributed by atoms with Crippen LogP contribution in [0.25, 0.3) is 0 Å². The van der Waals surface area contributed by atoms with Crippen LogP contribution in [-0.2, 0) is 9.59 Å². The number of carboxylic acid groups (broad SMARTS) is 1. The lowest BCUT2D eigenvalue weighted by molar-refractivity contribution is -0.149. The number of rotatable bonds is 4. The quantitative estimate of drug-likeness (QED) is 0.929. The molecule has 0 radical (unpaired) electrons. The van der Waals surface area contributed by atoms with E-state index in [0.29, 0.717) is 18.0 Å². The predicted molar refractivity (Wildman–Crippen MR) is 81.4 cm³/mol. The molecule has 2 atom stereocenters. The fraction of sp³-hybridized carbons (Fsp3) is 0.500. The summed E-state index contributed by atoms with van der Waals surface area (Å²) in [4.78, 5) is 25.6. The van der Waals surface area contributed by atoms with Crippen molar-refractivity contribution >= 4 is 23.5 Å². The number of hydrogen-bond acceptors (Lipinski definition) is 2. The maximum atomic E-state index is 12.8. The molecule has 0 saturated carbocycles. The Bertz CT molecular complexity index is 527. The van der Waals surface area contributed by atoms with Crippen molar-refractivity contribution in [3.63, 3.8) is 0 Å². The molecule has 2 rings (SSSR count). The van der Waals surface area contributed by atoms with Crippen molar-refractivity contribution < 1.29 is 14.7 Å². The number of nitrogens with zero attached hydrogens (tertiary/aromatic N) is 1. The van der Waals surface area contributed by atoms with Crippen LogP contribution < -0.4 is 0 Å². The highest BCUT2D eigenvalue weighted by molar-refractivity contribution is 6.30. The van der Waals surface area contributed by atoms with Gasteiger partial charge in [-0.25, -0.2) is 4.79 Å². The molecule has 1 aliphatic rings. The van der Waals surface area contributed by atoms with E-state index in [1.807, 2.05) is 26.0 Å². The fourth-order valence-corrected chi connectivity index (χ4v) is 3.07.